The Kier molecular flexibility index (Phi) is 2.15. The van der Waals surface area contributed by atoms with Crippen LogP contribution in [0.2, 0.25) is 0 Å². The van der Waals surface area contributed by atoms with Crippen molar-refractivity contribution < 1.29 is 5.11 Å². The van der Waals surface area contributed by atoms with Crippen LogP contribution in [0.3, 0.4) is 0 Å². The van der Waals surface area contributed by atoms with Gasteiger partial charge in [0.2, 0.25) is 5.95 Å². The summed E-state index contributed by atoms with van der Waals surface area (Å²) < 4.78 is 1.93. The third-order valence-corrected chi connectivity index (χ3v) is 3.24. The number of anilines is 2. The highest BCUT2D eigenvalue weighted by Crippen LogP contribution is 2.32. The summed E-state index contributed by atoms with van der Waals surface area (Å²) >= 11 is 0. The molecule has 7 nitrogen and oxygen atoms in total. The summed E-state index contributed by atoms with van der Waals surface area (Å²) in [6, 6.07) is 0.212. The molecule has 0 aliphatic heterocycles. The van der Waals surface area contributed by atoms with Gasteiger partial charge in [-0.25, -0.2) is 4.98 Å². The minimum Gasteiger partial charge on any atom is -0.393 e. The summed E-state index contributed by atoms with van der Waals surface area (Å²) in [6.07, 6.45) is 3.89. The quantitative estimate of drug-likeness (QED) is 0.643. The maximum atomic E-state index is 9.56. The SMILES string of the molecule is Nc1nc(N)c2ncn(C3CCC(O)C3)c2n1. The van der Waals surface area contributed by atoms with Gasteiger partial charge in [-0.05, 0) is 19.3 Å². The lowest BCUT2D eigenvalue weighted by molar-refractivity contribution is 0.178. The van der Waals surface area contributed by atoms with Gasteiger partial charge in [-0.15, -0.1) is 0 Å². The Labute approximate surface area is 97.5 Å². The van der Waals surface area contributed by atoms with Gasteiger partial charge in [-0.1, -0.05) is 0 Å². The average Bonchev–Trinajstić information content (AvgIpc) is 2.83. The average molecular weight is 234 g/mol. The van der Waals surface area contributed by atoms with Crippen LogP contribution < -0.4 is 11.5 Å². The normalized spacial score (nSPS) is 24.5. The molecule has 17 heavy (non-hydrogen) atoms. The van der Waals surface area contributed by atoms with Crippen LogP contribution in [0.4, 0.5) is 11.8 Å². The molecule has 0 spiro atoms. The molecule has 2 atom stereocenters. The van der Waals surface area contributed by atoms with Gasteiger partial charge in [0.15, 0.2) is 11.5 Å². The molecule has 2 heterocycles. The maximum absolute atomic E-state index is 9.56. The van der Waals surface area contributed by atoms with Crippen molar-refractivity contribution in [2.75, 3.05) is 11.5 Å². The third kappa shape index (κ3) is 1.59. The third-order valence-electron chi connectivity index (χ3n) is 3.24. The van der Waals surface area contributed by atoms with E-state index < -0.39 is 0 Å². The van der Waals surface area contributed by atoms with Gasteiger partial charge >= 0.3 is 0 Å². The lowest BCUT2D eigenvalue weighted by Gasteiger charge is -2.11. The second-order valence-electron chi connectivity index (χ2n) is 4.41. The van der Waals surface area contributed by atoms with Gasteiger partial charge in [0, 0.05) is 6.04 Å². The molecule has 1 saturated carbocycles. The first-order chi connectivity index (χ1) is 8.15. The van der Waals surface area contributed by atoms with Gasteiger partial charge in [-0.2, -0.15) is 9.97 Å². The Morgan fingerprint density at radius 3 is 2.82 bits per heavy atom. The standard InChI is InChI=1S/C10H14N6O/c11-8-7-9(15-10(12)14-8)16(4-13-7)5-1-2-6(17)3-5/h4-6,17H,1-3H2,(H4,11,12,14,15). The van der Waals surface area contributed by atoms with Crippen molar-refractivity contribution in [1.29, 1.82) is 0 Å². The minimum absolute atomic E-state index is 0.148. The number of hydrogen-bond donors (Lipinski definition) is 3. The van der Waals surface area contributed by atoms with E-state index in [1.165, 1.54) is 0 Å². The topological polar surface area (TPSA) is 116 Å². The van der Waals surface area contributed by atoms with Crippen molar-refractivity contribution in [3.8, 4) is 0 Å². The monoisotopic (exact) mass is 234 g/mol. The van der Waals surface area contributed by atoms with Crippen LogP contribution in [0.1, 0.15) is 25.3 Å². The molecule has 1 fully saturated rings. The van der Waals surface area contributed by atoms with Crippen LogP contribution >= 0.6 is 0 Å². The Bertz CT molecular complexity index is 565. The van der Waals surface area contributed by atoms with E-state index in [4.69, 9.17) is 11.5 Å². The molecular formula is C10H14N6O. The van der Waals surface area contributed by atoms with Crippen LogP contribution in [0.15, 0.2) is 6.33 Å². The summed E-state index contributed by atoms with van der Waals surface area (Å²) in [6.45, 7) is 0. The van der Waals surface area contributed by atoms with E-state index in [0.29, 0.717) is 17.0 Å². The van der Waals surface area contributed by atoms with Gasteiger partial charge in [-0.3, -0.25) is 0 Å². The molecular weight excluding hydrogens is 220 g/mol. The van der Waals surface area contributed by atoms with E-state index in [1.807, 2.05) is 4.57 Å². The van der Waals surface area contributed by atoms with Crippen molar-refractivity contribution in [3.63, 3.8) is 0 Å². The van der Waals surface area contributed by atoms with E-state index in [-0.39, 0.29) is 18.1 Å². The zero-order valence-corrected chi connectivity index (χ0v) is 9.24. The van der Waals surface area contributed by atoms with E-state index in [2.05, 4.69) is 15.0 Å². The number of nitrogens with zero attached hydrogens (tertiary/aromatic N) is 4. The minimum atomic E-state index is -0.242. The fraction of sp³-hybridized carbons (Fsp3) is 0.500. The highest BCUT2D eigenvalue weighted by molar-refractivity contribution is 5.82. The number of hydrogen-bond acceptors (Lipinski definition) is 6. The Morgan fingerprint density at radius 1 is 1.29 bits per heavy atom. The van der Waals surface area contributed by atoms with Crippen molar-refractivity contribution in [2.24, 2.45) is 0 Å². The highest BCUT2D eigenvalue weighted by Gasteiger charge is 2.26. The number of aromatic nitrogens is 4. The first-order valence-corrected chi connectivity index (χ1v) is 5.58. The Morgan fingerprint density at radius 2 is 2.12 bits per heavy atom. The van der Waals surface area contributed by atoms with E-state index in [1.54, 1.807) is 6.33 Å². The number of nitrogens with two attached hydrogens (primary N) is 2. The number of aliphatic hydroxyl groups excluding tert-OH is 1. The molecule has 0 saturated heterocycles. The number of fused-ring (bicyclic) bond motifs is 1. The Balaban J connectivity index is 2.11. The molecule has 0 aromatic carbocycles. The first kappa shape index (κ1) is 10.3. The second kappa shape index (κ2) is 3.56. The van der Waals surface area contributed by atoms with Crippen molar-refractivity contribution >= 4 is 22.9 Å². The molecule has 2 aromatic heterocycles. The smallest absolute Gasteiger partial charge is 0.224 e. The van der Waals surface area contributed by atoms with Crippen molar-refractivity contribution in [3.05, 3.63) is 6.33 Å². The first-order valence-electron chi connectivity index (χ1n) is 5.58. The fourth-order valence-electron chi connectivity index (χ4n) is 2.41. The Hall–Kier alpha value is -1.89. The van der Waals surface area contributed by atoms with Crippen molar-refractivity contribution in [1.82, 2.24) is 19.5 Å². The van der Waals surface area contributed by atoms with Crippen LogP contribution in [0, 0.1) is 0 Å². The van der Waals surface area contributed by atoms with Crippen LogP contribution in [-0.4, -0.2) is 30.7 Å². The molecule has 5 N–H and O–H groups in total. The zero-order chi connectivity index (χ0) is 12.0. The lowest BCUT2D eigenvalue weighted by atomic mass is 10.2. The summed E-state index contributed by atoms with van der Waals surface area (Å²) in [4.78, 5) is 12.3. The molecule has 0 amide bonds. The molecule has 0 bridgehead atoms. The highest BCUT2D eigenvalue weighted by atomic mass is 16.3. The van der Waals surface area contributed by atoms with Crippen LogP contribution in [0.5, 0.6) is 0 Å². The molecule has 1 aliphatic rings. The maximum Gasteiger partial charge on any atom is 0.224 e. The van der Waals surface area contributed by atoms with Gasteiger partial charge in [0.1, 0.15) is 5.52 Å². The lowest BCUT2D eigenvalue weighted by Crippen LogP contribution is -2.08. The molecule has 90 valence electrons. The van der Waals surface area contributed by atoms with Gasteiger partial charge < -0.3 is 21.1 Å². The summed E-state index contributed by atoms with van der Waals surface area (Å²) in [5, 5.41) is 9.56. The summed E-state index contributed by atoms with van der Waals surface area (Å²) in [7, 11) is 0. The molecule has 2 aromatic rings. The number of rotatable bonds is 1. The number of imidazole rings is 1. The van der Waals surface area contributed by atoms with Crippen molar-refractivity contribution in [2.45, 2.75) is 31.4 Å². The fourth-order valence-corrected chi connectivity index (χ4v) is 2.41. The number of aliphatic hydroxyl groups is 1. The zero-order valence-electron chi connectivity index (χ0n) is 9.24. The largest absolute Gasteiger partial charge is 0.393 e. The second-order valence-corrected chi connectivity index (χ2v) is 4.41. The molecule has 0 radical (unpaired) electrons. The van der Waals surface area contributed by atoms with Crippen LogP contribution in [-0.2, 0) is 0 Å². The van der Waals surface area contributed by atoms with E-state index in [0.717, 1.165) is 19.3 Å². The molecule has 1 aliphatic carbocycles. The van der Waals surface area contributed by atoms with Gasteiger partial charge in [0.05, 0.1) is 12.4 Å². The predicted molar refractivity (Wildman–Crippen MR) is 63.0 cm³/mol. The molecule has 3 rings (SSSR count). The van der Waals surface area contributed by atoms with E-state index >= 15 is 0 Å². The molecule has 2 unspecified atom stereocenters. The summed E-state index contributed by atoms with van der Waals surface area (Å²) in [5.74, 6) is 0.445. The van der Waals surface area contributed by atoms with Gasteiger partial charge in [0.25, 0.3) is 0 Å². The van der Waals surface area contributed by atoms with Crippen LogP contribution in [0.25, 0.3) is 11.2 Å². The predicted octanol–water partition coefficient (Wildman–Crippen LogP) is 0.0766. The number of nitrogen functional groups attached to an aromatic ring is 2. The molecule has 7 heteroatoms. The summed E-state index contributed by atoms with van der Waals surface area (Å²) in [5.41, 5.74) is 12.5. The van der Waals surface area contributed by atoms with E-state index in [9.17, 15) is 5.11 Å².